The second-order valence-electron chi connectivity index (χ2n) is 7.34. The topological polar surface area (TPSA) is 26.3 Å². The highest BCUT2D eigenvalue weighted by atomic mass is 16.5. The first-order valence-corrected chi connectivity index (χ1v) is 8.05. The Morgan fingerprint density at radius 2 is 1.90 bits per heavy atom. The molecule has 0 spiro atoms. The Bertz CT molecular complexity index is 481. The number of esters is 1. The number of rotatable bonds is 5. The highest BCUT2D eigenvalue weighted by Gasteiger charge is 2.44. The van der Waals surface area contributed by atoms with E-state index in [0.29, 0.717) is 11.8 Å². The van der Waals surface area contributed by atoms with Crippen LogP contribution in [0, 0.1) is 11.8 Å². The van der Waals surface area contributed by atoms with Gasteiger partial charge >= 0.3 is 5.97 Å². The molecule has 1 fully saturated rings. The van der Waals surface area contributed by atoms with Gasteiger partial charge in [-0.25, -0.2) is 0 Å². The van der Waals surface area contributed by atoms with Crippen molar-refractivity contribution in [2.45, 2.75) is 58.3 Å². The molecule has 116 valence electrons. The Kier molecular flexibility index (Phi) is 4.75. The minimum atomic E-state index is -0.0297. The molecular formula is C19H28O2. The molecule has 1 saturated carbocycles. The summed E-state index contributed by atoms with van der Waals surface area (Å²) in [5.41, 5.74) is 2.98. The zero-order valence-corrected chi connectivity index (χ0v) is 14.0. The average molecular weight is 288 g/mol. The molecule has 0 saturated heterocycles. The van der Waals surface area contributed by atoms with E-state index in [2.05, 4.69) is 52.0 Å². The number of benzene rings is 1. The Hall–Kier alpha value is -1.31. The van der Waals surface area contributed by atoms with Gasteiger partial charge in [0.05, 0.1) is 13.0 Å². The summed E-state index contributed by atoms with van der Waals surface area (Å²) in [7, 11) is 1.49. The summed E-state index contributed by atoms with van der Waals surface area (Å²) in [6.07, 6.45) is 3.23. The molecule has 0 radical (unpaired) electrons. The van der Waals surface area contributed by atoms with E-state index in [0.717, 1.165) is 19.3 Å². The van der Waals surface area contributed by atoms with Gasteiger partial charge in [-0.2, -0.15) is 0 Å². The van der Waals surface area contributed by atoms with Gasteiger partial charge in [0.1, 0.15) is 0 Å². The van der Waals surface area contributed by atoms with Crippen molar-refractivity contribution in [3.05, 3.63) is 35.4 Å². The lowest BCUT2D eigenvalue weighted by atomic mass is 9.84. The molecule has 0 heterocycles. The van der Waals surface area contributed by atoms with Gasteiger partial charge in [0, 0.05) is 0 Å². The fourth-order valence-electron chi connectivity index (χ4n) is 3.11. The van der Waals surface area contributed by atoms with Crippen LogP contribution in [0.5, 0.6) is 0 Å². The normalized spacial score (nSPS) is 22.7. The number of carbonyl (C=O) groups excluding carboxylic acids is 1. The smallest absolute Gasteiger partial charge is 0.308 e. The molecule has 1 aliphatic rings. The first kappa shape index (κ1) is 16.1. The summed E-state index contributed by atoms with van der Waals surface area (Å²) in [6.45, 7) is 8.96. The van der Waals surface area contributed by atoms with E-state index < -0.39 is 0 Å². The maximum Gasteiger partial charge on any atom is 0.308 e. The minimum Gasteiger partial charge on any atom is -0.469 e. The number of ether oxygens (including phenoxy) is 1. The summed E-state index contributed by atoms with van der Waals surface area (Å²) in [6, 6.07) is 9.04. The van der Waals surface area contributed by atoms with Crippen molar-refractivity contribution in [2.75, 3.05) is 7.11 Å². The van der Waals surface area contributed by atoms with Crippen molar-refractivity contribution in [3.8, 4) is 0 Å². The van der Waals surface area contributed by atoms with Crippen molar-refractivity contribution >= 4 is 5.97 Å². The monoisotopic (exact) mass is 288 g/mol. The van der Waals surface area contributed by atoms with Gasteiger partial charge < -0.3 is 4.74 Å². The van der Waals surface area contributed by atoms with Crippen LogP contribution in [0.1, 0.15) is 64.0 Å². The molecule has 2 heteroatoms. The SMILES string of the molecule is CCC(CC1CC1C(=O)OC)c1ccc(C(C)(C)C)cc1. The number of hydrogen-bond acceptors (Lipinski definition) is 2. The van der Waals surface area contributed by atoms with Gasteiger partial charge in [0.2, 0.25) is 0 Å². The van der Waals surface area contributed by atoms with E-state index in [9.17, 15) is 4.79 Å². The lowest BCUT2D eigenvalue weighted by Gasteiger charge is -2.21. The third-order valence-electron chi connectivity index (χ3n) is 4.75. The van der Waals surface area contributed by atoms with Crippen LogP contribution < -0.4 is 0 Å². The van der Waals surface area contributed by atoms with E-state index in [4.69, 9.17) is 4.74 Å². The Morgan fingerprint density at radius 1 is 1.29 bits per heavy atom. The van der Waals surface area contributed by atoms with E-state index in [1.54, 1.807) is 0 Å². The molecule has 0 aromatic heterocycles. The van der Waals surface area contributed by atoms with Gasteiger partial charge in [0.15, 0.2) is 0 Å². The predicted molar refractivity (Wildman–Crippen MR) is 86.4 cm³/mol. The first-order valence-electron chi connectivity index (χ1n) is 8.05. The first-order chi connectivity index (χ1) is 9.86. The average Bonchev–Trinajstić information content (AvgIpc) is 3.22. The third kappa shape index (κ3) is 3.87. The van der Waals surface area contributed by atoms with Crippen LogP contribution in [0.4, 0.5) is 0 Å². The van der Waals surface area contributed by atoms with E-state index in [1.807, 2.05) is 0 Å². The number of hydrogen-bond donors (Lipinski definition) is 0. The lowest BCUT2D eigenvalue weighted by Crippen LogP contribution is -2.11. The largest absolute Gasteiger partial charge is 0.469 e. The van der Waals surface area contributed by atoms with Gasteiger partial charge in [-0.05, 0) is 47.6 Å². The lowest BCUT2D eigenvalue weighted by molar-refractivity contribution is -0.142. The highest BCUT2D eigenvalue weighted by molar-refractivity contribution is 5.75. The molecule has 1 aromatic carbocycles. The van der Waals surface area contributed by atoms with Gasteiger partial charge in [-0.1, -0.05) is 52.0 Å². The van der Waals surface area contributed by atoms with Crippen molar-refractivity contribution in [1.29, 1.82) is 0 Å². The van der Waals surface area contributed by atoms with E-state index >= 15 is 0 Å². The second kappa shape index (κ2) is 6.21. The number of methoxy groups -OCH3 is 1. The number of carbonyl (C=O) groups is 1. The van der Waals surface area contributed by atoms with Crippen LogP contribution in [-0.2, 0) is 14.9 Å². The molecule has 1 aromatic rings. The van der Waals surface area contributed by atoms with Crippen LogP contribution in [-0.4, -0.2) is 13.1 Å². The highest BCUT2D eigenvalue weighted by Crippen LogP contribution is 2.46. The molecular weight excluding hydrogens is 260 g/mol. The molecule has 0 bridgehead atoms. The quantitative estimate of drug-likeness (QED) is 0.736. The molecule has 0 amide bonds. The van der Waals surface area contributed by atoms with Crippen LogP contribution in [0.25, 0.3) is 0 Å². The Balaban J connectivity index is 2.00. The maximum atomic E-state index is 11.5. The maximum absolute atomic E-state index is 11.5. The predicted octanol–water partition coefficient (Wildman–Crippen LogP) is 4.68. The Labute approximate surface area is 128 Å². The molecule has 3 unspecified atom stereocenters. The van der Waals surface area contributed by atoms with Crippen LogP contribution in [0.2, 0.25) is 0 Å². The minimum absolute atomic E-state index is 0.0297. The van der Waals surface area contributed by atoms with Crippen LogP contribution >= 0.6 is 0 Å². The van der Waals surface area contributed by atoms with Crippen LogP contribution in [0.15, 0.2) is 24.3 Å². The molecule has 2 nitrogen and oxygen atoms in total. The van der Waals surface area contributed by atoms with Crippen molar-refractivity contribution in [1.82, 2.24) is 0 Å². The van der Waals surface area contributed by atoms with Crippen molar-refractivity contribution in [3.63, 3.8) is 0 Å². The molecule has 0 aliphatic heterocycles. The summed E-state index contributed by atoms with van der Waals surface area (Å²) >= 11 is 0. The summed E-state index contributed by atoms with van der Waals surface area (Å²) < 4.78 is 4.84. The molecule has 1 aliphatic carbocycles. The van der Waals surface area contributed by atoms with Gasteiger partial charge in [-0.15, -0.1) is 0 Å². The van der Waals surface area contributed by atoms with E-state index in [1.165, 1.54) is 18.2 Å². The zero-order chi connectivity index (χ0) is 15.6. The molecule has 21 heavy (non-hydrogen) atoms. The standard InChI is InChI=1S/C19H28O2/c1-6-13(11-15-12-17(15)18(20)21-5)14-7-9-16(10-8-14)19(2,3)4/h7-10,13,15,17H,6,11-12H2,1-5H3. The summed E-state index contributed by atoms with van der Waals surface area (Å²) in [5.74, 6) is 1.19. The van der Waals surface area contributed by atoms with Gasteiger partial charge in [-0.3, -0.25) is 4.79 Å². The third-order valence-corrected chi connectivity index (χ3v) is 4.75. The molecule has 2 rings (SSSR count). The summed E-state index contributed by atoms with van der Waals surface area (Å²) in [4.78, 5) is 11.5. The fraction of sp³-hybridized carbons (Fsp3) is 0.632. The fourth-order valence-corrected chi connectivity index (χ4v) is 3.11. The second-order valence-corrected chi connectivity index (χ2v) is 7.34. The van der Waals surface area contributed by atoms with Gasteiger partial charge in [0.25, 0.3) is 0 Å². The van der Waals surface area contributed by atoms with Crippen molar-refractivity contribution < 1.29 is 9.53 Å². The van der Waals surface area contributed by atoms with Crippen molar-refractivity contribution in [2.24, 2.45) is 11.8 Å². The Morgan fingerprint density at radius 3 is 2.38 bits per heavy atom. The van der Waals surface area contributed by atoms with Crippen LogP contribution in [0.3, 0.4) is 0 Å². The summed E-state index contributed by atoms with van der Waals surface area (Å²) in [5, 5.41) is 0. The molecule has 0 N–H and O–H groups in total. The van der Waals surface area contributed by atoms with E-state index in [-0.39, 0.29) is 17.3 Å². The molecule has 3 atom stereocenters. The zero-order valence-electron chi connectivity index (χ0n) is 14.0.